The monoisotopic (exact) mass is 345 g/mol. The molecule has 2 aromatic rings. The number of hydrogen-bond donors (Lipinski definition) is 1. The molecule has 1 N–H and O–H groups in total. The van der Waals surface area contributed by atoms with Crippen molar-refractivity contribution in [3.63, 3.8) is 0 Å². The van der Waals surface area contributed by atoms with E-state index >= 15 is 0 Å². The SMILES string of the molecule is CCc1ccccc1NC(=O)COC(=O)Cc1ccc(OC)c(F)c1. The van der Waals surface area contributed by atoms with Crippen LogP contribution in [0.1, 0.15) is 18.1 Å². The number of esters is 1. The first kappa shape index (κ1) is 18.4. The van der Waals surface area contributed by atoms with E-state index in [1.807, 2.05) is 25.1 Å². The molecule has 1 amide bonds. The van der Waals surface area contributed by atoms with Gasteiger partial charge in [-0.05, 0) is 35.7 Å². The largest absolute Gasteiger partial charge is 0.494 e. The molecule has 0 spiro atoms. The number of nitrogens with one attached hydrogen (secondary N) is 1. The fourth-order valence-electron chi connectivity index (χ4n) is 2.32. The Balaban J connectivity index is 1.85. The molecule has 2 aromatic carbocycles. The summed E-state index contributed by atoms with van der Waals surface area (Å²) in [4.78, 5) is 23.7. The highest BCUT2D eigenvalue weighted by atomic mass is 19.1. The zero-order chi connectivity index (χ0) is 18.2. The molecule has 0 fully saturated rings. The number of para-hydroxylation sites is 1. The molecule has 0 bridgehead atoms. The number of aryl methyl sites for hydroxylation is 1. The lowest BCUT2D eigenvalue weighted by atomic mass is 10.1. The normalized spacial score (nSPS) is 10.2. The first-order valence-electron chi connectivity index (χ1n) is 7.89. The van der Waals surface area contributed by atoms with Crippen LogP contribution in [0.5, 0.6) is 5.75 Å². The maximum atomic E-state index is 13.6. The summed E-state index contributed by atoms with van der Waals surface area (Å²) in [6.07, 6.45) is 0.652. The first-order chi connectivity index (χ1) is 12.0. The molecule has 0 unspecified atom stereocenters. The molecule has 0 aliphatic carbocycles. The van der Waals surface area contributed by atoms with Crippen LogP contribution in [-0.4, -0.2) is 25.6 Å². The Morgan fingerprint density at radius 2 is 1.92 bits per heavy atom. The van der Waals surface area contributed by atoms with Crippen LogP contribution in [0.15, 0.2) is 42.5 Å². The number of rotatable bonds is 7. The predicted octanol–water partition coefficient (Wildman–Crippen LogP) is 3.12. The van der Waals surface area contributed by atoms with Crippen molar-refractivity contribution in [3.8, 4) is 5.75 Å². The molecule has 0 atom stereocenters. The van der Waals surface area contributed by atoms with Gasteiger partial charge in [-0.25, -0.2) is 4.39 Å². The van der Waals surface area contributed by atoms with E-state index in [2.05, 4.69) is 5.32 Å². The van der Waals surface area contributed by atoms with E-state index < -0.39 is 24.3 Å². The number of halogens is 1. The molecule has 0 aromatic heterocycles. The number of anilines is 1. The van der Waals surface area contributed by atoms with Gasteiger partial charge < -0.3 is 14.8 Å². The van der Waals surface area contributed by atoms with Crippen molar-refractivity contribution in [2.75, 3.05) is 19.0 Å². The zero-order valence-corrected chi connectivity index (χ0v) is 14.2. The highest BCUT2D eigenvalue weighted by Gasteiger charge is 2.12. The molecule has 0 radical (unpaired) electrons. The molecule has 0 heterocycles. The second-order valence-electron chi connectivity index (χ2n) is 5.37. The molecule has 0 saturated heterocycles. The van der Waals surface area contributed by atoms with E-state index in [1.54, 1.807) is 12.1 Å². The topological polar surface area (TPSA) is 64.6 Å². The van der Waals surface area contributed by atoms with Crippen LogP contribution < -0.4 is 10.1 Å². The zero-order valence-electron chi connectivity index (χ0n) is 14.2. The maximum Gasteiger partial charge on any atom is 0.310 e. The fourth-order valence-corrected chi connectivity index (χ4v) is 2.32. The number of benzene rings is 2. The van der Waals surface area contributed by atoms with Gasteiger partial charge in [-0.2, -0.15) is 0 Å². The van der Waals surface area contributed by atoms with Gasteiger partial charge in [-0.3, -0.25) is 9.59 Å². The average molecular weight is 345 g/mol. The smallest absolute Gasteiger partial charge is 0.310 e. The summed E-state index contributed by atoms with van der Waals surface area (Å²) in [6.45, 7) is 1.59. The summed E-state index contributed by atoms with van der Waals surface area (Å²) in [7, 11) is 1.36. The molecule has 2 rings (SSSR count). The Labute approximate surface area is 145 Å². The van der Waals surface area contributed by atoms with Crippen molar-refractivity contribution < 1.29 is 23.5 Å². The Morgan fingerprint density at radius 3 is 2.60 bits per heavy atom. The molecule has 0 aliphatic heterocycles. The Bertz CT molecular complexity index is 761. The number of carbonyl (C=O) groups is 2. The number of carbonyl (C=O) groups excluding carboxylic acids is 2. The molecule has 5 nitrogen and oxygen atoms in total. The standard InChI is InChI=1S/C19H20FNO4/c1-3-14-6-4-5-7-16(14)21-18(22)12-25-19(23)11-13-8-9-17(24-2)15(20)10-13/h4-10H,3,11-12H2,1-2H3,(H,21,22). The van der Waals surface area contributed by atoms with Gasteiger partial charge in [0.1, 0.15) is 0 Å². The van der Waals surface area contributed by atoms with E-state index in [1.165, 1.54) is 19.2 Å². The van der Waals surface area contributed by atoms with Crippen molar-refractivity contribution >= 4 is 17.6 Å². The lowest BCUT2D eigenvalue weighted by Crippen LogP contribution is -2.22. The van der Waals surface area contributed by atoms with Crippen molar-refractivity contribution in [1.29, 1.82) is 0 Å². The van der Waals surface area contributed by atoms with E-state index in [-0.39, 0.29) is 12.2 Å². The summed E-state index contributed by atoms with van der Waals surface area (Å²) < 4.78 is 23.3. The van der Waals surface area contributed by atoms with Gasteiger partial charge in [-0.15, -0.1) is 0 Å². The number of ether oxygens (including phenoxy) is 2. The first-order valence-corrected chi connectivity index (χ1v) is 7.89. The van der Waals surface area contributed by atoms with Crippen LogP contribution in [0.25, 0.3) is 0 Å². The third-order valence-electron chi connectivity index (χ3n) is 3.60. The second kappa shape index (κ2) is 8.82. The molecular formula is C19H20FNO4. The van der Waals surface area contributed by atoms with Crippen molar-refractivity contribution in [2.45, 2.75) is 19.8 Å². The minimum absolute atomic E-state index is 0.103. The summed E-state index contributed by atoms with van der Waals surface area (Å²) in [5, 5.41) is 2.71. The molecule has 6 heteroatoms. The van der Waals surface area contributed by atoms with Gasteiger partial charge in [0.15, 0.2) is 18.2 Å². The quantitative estimate of drug-likeness (QED) is 0.783. The molecule has 0 aliphatic rings. The van der Waals surface area contributed by atoms with Crippen LogP contribution in [0.2, 0.25) is 0 Å². The van der Waals surface area contributed by atoms with Crippen LogP contribution in [-0.2, 0) is 27.2 Å². The van der Waals surface area contributed by atoms with E-state index in [0.29, 0.717) is 11.3 Å². The van der Waals surface area contributed by atoms with E-state index in [9.17, 15) is 14.0 Å². The van der Waals surface area contributed by atoms with Gasteiger partial charge in [0.25, 0.3) is 5.91 Å². The number of methoxy groups -OCH3 is 1. The van der Waals surface area contributed by atoms with Gasteiger partial charge >= 0.3 is 5.97 Å². The second-order valence-corrected chi connectivity index (χ2v) is 5.37. The molecular weight excluding hydrogens is 325 g/mol. The van der Waals surface area contributed by atoms with Gasteiger partial charge in [0.05, 0.1) is 13.5 Å². The van der Waals surface area contributed by atoms with Gasteiger partial charge in [0, 0.05) is 5.69 Å². The number of hydrogen-bond acceptors (Lipinski definition) is 4. The molecule has 0 saturated carbocycles. The molecule has 25 heavy (non-hydrogen) atoms. The lowest BCUT2D eigenvalue weighted by molar-refractivity contribution is -0.146. The van der Waals surface area contributed by atoms with Crippen LogP contribution in [0.4, 0.5) is 10.1 Å². The highest BCUT2D eigenvalue weighted by molar-refractivity contribution is 5.93. The van der Waals surface area contributed by atoms with Gasteiger partial charge in [0.2, 0.25) is 0 Å². The Kier molecular flexibility index (Phi) is 6.51. The minimum Gasteiger partial charge on any atom is -0.494 e. The average Bonchev–Trinajstić information content (AvgIpc) is 2.60. The predicted molar refractivity (Wildman–Crippen MR) is 92.1 cm³/mol. The third-order valence-corrected chi connectivity index (χ3v) is 3.60. The summed E-state index contributed by atoms with van der Waals surface area (Å²) in [6, 6.07) is 11.6. The van der Waals surface area contributed by atoms with E-state index in [0.717, 1.165) is 12.0 Å². The Hall–Kier alpha value is -2.89. The van der Waals surface area contributed by atoms with Gasteiger partial charge in [-0.1, -0.05) is 31.2 Å². The summed E-state index contributed by atoms with van der Waals surface area (Å²) >= 11 is 0. The fraction of sp³-hybridized carbons (Fsp3) is 0.263. The summed E-state index contributed by atoms with van der Waals surface area (Å²) in [5.74, 6) is -1.48. The molecule has 132 valence electrons. The summed E-state index contributed by atoms with van der Waals surface area (Å²) in [5.41, 5.74) is 2.14. The Morgan fingerprint density at radius 1 is 1.16 bits per heavy atom. The van der Waals surface area contributed by atoms with E-state index in [4.69, 9.17) is 9.47 Å². The maximum absolute atomic E-state index is 13.6. The van der Waals surface area contributed by atoms with Crippen molar-refractivity contribution in [1.82, 2.24) is 0 Å². The lowest BCUT2D eigenvalue weighted by Gasteiger charge is -2.10. The van der Waals surface area contributed by atoms with Crippen molar-refractivity contribution in [2.24, 2.45) is 0 Å². The van der Waals surface area contributed by atoms with Crippen LogP contribution in [0, 0.1) is 5.82 Å². The minimum atomic E-state index is -0.608. The van der Waals surface area contributed by atoms with Crippen LogP contribution in [0.3, 0.4) is 0 Å². The van der Waals surface area contributed by atoms with Crippen molar-refractivity contribution in [3.05, 3.63) is 59.4 Å². The number of amides is 1. The third kappa shape index (κ3) is 5.31. The highest BCUT2D eigenvalue weighted by Crippen LogP contribution is 2.18. The van der Waals surface area contributed by atoms with Crippen LogP contribution >= 0.6 is 0 Å².